The van der Waals surface area contributed by atoms with E-state index < -0.39 is 10.0 Å². The van der Waals surface area contributed by atoms with Gasteiger partial charge in [-0.05, 0) is 43.2 Å². The van der Waals surface area contributed by atoms with Gasteiger partial charge in [-0.3, -0.25) is 4.79 Å². The molecule has 134 valence electrons. The van der Waals surface area contributed by atoms with Crippen molar-refractivity contribution in [1.82, 2.24) is 9.62 Å². The number of nitrogens with one attached hydrogen (secondary N) is 1. The monoisotopic (exact) mass is 360 g/mol. The lowest BCUT2D eigenvalue weighted by Gasteiger charge is -2.17. The fraction of sp³-hybridized carbons (Fsp3) is 0.316. The van der Waals surface area contributed by atoms with E-state index in [0.717, 1.165) is 12.0 Å². The zero-order chi connectivity index (χ0) is 18.4. The number of nitrogens with zero attached hydrogens (tertiary/aromatic N) is 1. The van der Waals surface area contributed by atoms with Crippen molar-refractivity contribution in [1.29, 1.82) is 0 Å². The van der Waals surface area contributed by atoms with Crippen LogP contribution in [0.3, 0.4) is 0 Å². The summed E-state index contributed by atoms with van der Waals surface area (Å²) in [5.41, 5.74) is 1.36. The van der Waals surface area contributed by atoms with Crippen molar-refractivity contribution < 1.29 is 13.2 Å². The van der Waals surface area contributed by atoms with Crippen molar-refractivity contribution in [2.75, 3.05) is 7.05 Å². The number of carbonyl (C=O) groups is 1. The molecule has 0 aliphatic rings. The van der Waals surface area contributed by atoms with Crippen molar-refractivity contribution in [2.24, 2.45) is 0 Å². The number of hydrogen-bond acceptors (Lipinski definition) is 3. The van der Waals surface area contributed by atoms with Crippen LogP contribution < -0.4 is 5.32 Å². The summed E-state index contributed by atoms with van der Waals surface area (Å²) in [5, 5.41) is 2.86. The number of rotatable bonds is 7. The summed E-state index contributed by atoms with van der Waals surface area (Å²) < 4.78 is 26.6. The van der Waals surface area contributed by atoms with Crippen molar-refractivity contribution in [3.05, 3.63) is 65.7 Å². The summed E-state index contributed by atoms with van der Waals surface area (Å²) in [5.74, 6) is -0.198. The predicted octanol–water partition coefficient (Wildman–Crippen LogP) is 3.04. The third kappa shape index (κ3) is 4.90. The van der Waals surface area contributed by atoms with Crippen LogP contribution in [0, 0.1) is 0 Å². The average Bonchev–Trinajstić information content (AvgIpc) is 2.62. The molecule has 0 aliphatic carbocycles. The summed E-state index contributed by atoms with van der Waals surface area (Å²) in [4.78, 5) is 12.3. The lowest BCUT2D eigenvalue weighted by Crippen LogP contribution is -2.32. The van der Waals surface area contributed by atoms with Gasteiger partial charge < -0.3 is 5.32 Å². The molecule has 0 saturated carbocycles. The molecule has 0 fully saturated rings. The van der Waals surface area contributed by atoms with Crippen LogP contribution in [0.15, 0.2) is 59.5 Å². The van der Waals surface area contributed by atoms with E-state index in [-0.39, 0.29) is 16.8 Å². The molecule has 0 heterocycles. The van der Waals surface area contributed by atoms with Crippen LogP contribution in [0.1, 0.15) is 36.2 Å². The number of benzene rings is 2. The molecular formula is C19H24N2O3S. The van der Waals surface area contributed by atoms with E-state index in [4.69, 9.17) is 0 Å². The quantitative estimate of drug-likeness (QED) is 0.825. The Kier molecular flexibility index (Phi) is 6.33. The Balaban J connectivity index is 2.13. The second kappa shape index (κ2) is 8.27. The molecule has 1 N–H and O–H groups in total. The number of hydrogen-bond donors (Lipinski definition) is 1. The molecule has 1 amide bonds. The van der Waals surface area contributed by atoms with Gasteiger partial charge in [0, 0.05) is 25.2 Å². The smallest absolute Gasteiger partial charge is 0.251 e. The predicted molar refractivity (Wildman–Crippen MR) is 98.8 cm³/mol. The molecule has 2 aromatic carbocycles. The Bertz CT molecular complexity index is 802. The summed E-state index contributed by atoms with van der Waals surface area (Å²) in [6, 6.07) is 15.5. The van der Waals surface area contributed by atoms with Crippen LogP contribution in [0.2, 0.25) is 0 Å². The molecule has 0 bridgehead atoms. The molecular weight excluding hydrogens is 336 g/mol. The van der Waals surface area contributed by atoms with E-state index in [2.05, 4.69) is 5.32 Å². The van der Waals surface area contributed by atoms with Crippen molar-refractivity contribution >= 4 is 15.9 Å². The van der Waals surface area contributed by atoms with Crippen molar-refractivity contribution in [3.63, 3.8) is 0 Å². The molecule has 5 nitrogen and oxygen atoms in total. The van der Waals surface area contributed by atoms with Gasteiger partial charge in [-0.25, -0.2) is 8.42 Å². The highest BCUT2D eigenvalue weighted by molar-refractivity contribution is 7.89. The van der Waals surface area contributed by atoms with Crippen molar-refractivity contribution in [2.45, 2.75) is 37.8 Å². The SMILES string of the molecule is CCC(C)NC(=O)c1ccc(S(=O)(=O)N(C)Cc2ccccc2)cc1. The van der Waals surface area contributed by atoms with E-state index in [9.17, 15) is 13.2 Å². The topological polar surface area (TPSA) is 66.5 Å². The number of amides is 1. The summed E-state index contributed by atoms with van der Waals surface area (Å²) in [7, 11) is -2.06. The van der Waals surface area contributed by atoms with Crippen LogP contribution in [0.4, 0.5) is 0 Å². The van der Waals surface area contributed by atoms with Crippen LogP contribution in [0.5, 0.6) is 0 Å². The molecule has 0 saturated heterocycles. The fourth-order valence-electron chi connectivity index (χ4n) is 2.29. The van der Waals surface area contributed by atoms with Crippen LogP contribution in [-0.4, -0.2) is 31.7 Å². The van der Waals surface area contributed by atoms with Crippen LogP contribution in [-0.2, 0) is 16.6 Å². The zero-order valence-corrected chi connectivity index (χ0v) is 15.6. The van der Waals surface area contributed by atoms with Gasteiger partial charge in [0.1, 0.15) is 0 Å². The minimum Gasteiger partial charge on any atom is -0.350 e. The van der Waals surface area contributed by atoms with Gasteiger partial charge in [-0.15, -0.1) is 0 Å². The summed E-state index contributed by atoms with van der Waals surface area (Å²) >= 11 is 0. The Hall–Kier alpha value is -2.18. The third-order valence-corrected chi connectivity index (χ3v) is 5.88. The third-order valence-electron chi connectivity index (χ3n) is 4.06. The maximum Gasteiger partial charge on any atom is 0.251 e. The maximum absolute atomic E-state index is 12.7. The van der Waals surface area contributed by atoms with Gasteiger partial charge in [-0.1, -0.05) is 37.3 Å². The Morgan fingerprint density at radius 1 is 1.08 bits per heavy atom. The molecule has 2 aromatic rings. The van der Waals surface area contributed by atoms with Gasteiger partial charge in [0.2, 0.25) is 10.0 Å². The molecule has 0 spiro atoms. The lowest BCUT2D eigenvalue weighted by molar-refractivity contribution is 0.0939. The molecule has 2 rings (SSSR count). The molecule has 25 heavy (non-hydrogen) atoms. The van der Waals surface area contributed by atoms with Gasteiger partial charge in [0.15, 0.2) is 0 Å². The highest BCUT2D eigenvalue weighted by atomic mass is 32.2. The molecule has 0 aromatic heterocycles. The summed E-state index contributed by atoms with van der Waals surface area (Å²) in [6.07, 6.45) is 0.836. The lowest BCUT2D eigenvalue weighted by atomic mass is 10.2. The number of carbonyl (C=O) groups excluding carboxylic acids is 1. The first-order valence-electron chi connectivity index (χ1n) is 8.25. The minimum absolute atomic E-state index is 0.0768. The average molecular weight is 360 g/mol. The van der Waals surface area contributed by atoms with Crippen LogP contribution >= 0.6 is 0 Å². The Morgan fingerprint density at radius 3 is 2.24 bits per heavy atom. The first-order valence-corrected chi connectivity index (χ1v) is 9.69. The van der Waals surface area contributed by atoms with Gasteiger partial charge in [-0.2, -0.15) is 4.31 Å². The van der Waals surface area contributed by atoms with Crippen molar-refractivity contribution in [3.8, 4) is 0 Å². The van der Waals surface area contributed by atoms with Gasteiger partial charge >= 0.3 is 0 Å². The number of sulfonamides is 1. The van der Waals surface area contributed by atoms with E-state index in [1.807, 2.05) is 44.2 Å². The largest absolute Gasteiger partial charge is 0.350 e. The fourth-order valence-corrected chi connectivity index (χ4v) is 3.45. The highest BCUT2D eigenvalue weighted by Crippen LogP contribution is 2.17. The summed E-state index contributed by atoms with van der Waals surface area (Å²) in [6.45, 7) is 4.21. The van der Waals surface area contributed by atoms with E-state index in [0.29, 0.717) is 12.1 Å². The molecule has 0 aliphatic heterocycles. The van der Waals surface area contributed by atoms with Crippen LogP contribution in [0.25, 0.3) is 0 Å². The van der Waals surface area contributed by atoms with E-state index in [1.54, 1.807) is 19.2 Å². The first-order chi connectivity index (χ1) is 11.8. The Morgan fingerprint density at radius 2 is 1.68 bits per heavy atom. The van der Waals surface area contributed by atoms with E-state index in [1.165, 1.54) is 16.4 Å². The maximum atomic E-state index is 12.7. The van der Waals surface area contributed by atoms with Gasteiger partial charge in [0.25, 0.3) is 5.91 Å². The normalized spacial score (nSPS) is 12.8. The standard InChI is InChI=1S/C19H24N2O3S/c1-4-15(2)20-19(22)17-10-12-18(13-11-17)25(23,24)21(3)14-16-8-6-5-7-9-16/h5-13,15H,4,14H2,1-3H3,(H,20,22). The molecule has 6 heteroatoms. The minimum atomic E-state index is -3.61. The van der Waals surface area contributed by atoms with E-state index >= 15 is 0 Å². The highest BCUT2D eigenvalue weighted by Gasteiger charge is 2.21. The Labute approximate surface area is 149 Å². The first kappa shape index (κ1) is 19.1. The van der Waals surface area contributed by atoms with Gasteiger partial charge in [0.05, 0.1) is 4.90 Å². The second-order valence-corrected chi connectivity index (χ2v) is 8.10. The second-order valence-electron chi connectivity index (χ2n) is 6.05. The zero-order valence-electron chi connectivity index (χ0n) is 14.8. The molecule has 1 unspecified atom stereocenters. The molecule has 1 atom stereocenters. The molecule has 0 radical (unpaired) electrons.